The molecule has 2 rings (SSSR count). The van der Waals surface area contributed by atoms with Crippen LogP contribution < -0.4 is 0 Å². The zero-order chi connectivity index (χ0) is 22.6. The Morgan fingerprint density at radius 1 is 0.806 bits per heavy atom. The van der Waals surface area contributed by atoms with Crippen LogP contribution in [0.15, 0.2) is 44.9 Å². The number of hydrogen-bond donors (Lipinski definition) is 0. The monoisotopic (exact) mass is 568 g/mol. The lowest BCUT2D eigenvalue weighted by Gasteiger charge is -2.10. The van der Waals surface area contributed by atoms with E-state index in [9.17, 15) is 9.59 Å². The molecule has 0 N–H and O–H groups in total. The Kier molecular flexibility index (Phi) is 14.5. The van der Waals surface area contributed by atoms with Crippen molar-refractivity contribution in [1.29, 1.82) is 0 Å². The Bertz CT molecular complexity index is 671. The minimum absolute atomic E-state index is 0.0551. The van der Waals surface area contributed by atoms with Gasteiger partial charge >= 0.3 is 0 Å². The first-order valence-corrected chi connectivity index (χ1v) is 17.5. The third-order valence-corrected chi connectivity index (χ3v) is 15.1. The Labute approximate surface area is 221 Å². The fraction of sp³-hybridized carbons (Fsp3) is 0.524. The van der Waals surface area contributed by atoms with E-state index in [2.05, 4.69) is 27.0 Å². The van der Waals surface area contributed by atoms with Crippen LogP contribution in [-0.2, 0) is 9.59 Å². The molecule has 10 heteroatoms. The fourth-order valence-electron chi connectivity index (χ4n) is 2.48. The van der Waals surface area contributed by atoms with E-state index in [1.165, 1.54) is 73.2 Å². The second-order valence-corrected chi connectivity index (χ2v) is 16.7. The van der Waals surface area contributed by atoms with Crippen molar-refractivity contribution in [1.82, 2.24) is 0 Å². The molecule has 2 heterocycles. The van der Waals surface area contributed by atoms with Crippen molar-refractivity contribution in [2.24, 2.45) is 0 Å². The van der Waals surface area contributed by atoms with E-state index in [4.69, 9.17) is 0 Å². The van der Waals surface area contributed by atoms with E-state index in [-0.39, 0.29) is 10.2 Å². The van der Waals surface area contributed by atoms with Crippen molar-refractivity contribution in [3.05, 3.63) is 44.9 Å². The van der Waals surface area contributed by atoms with Gasteiger partial charge in [-0.15, -0.1) is 47.0 Å². The first-order valence-electron chi connectivity index (χ1n) is 9.73. The maximum absolute atomic E-state index is 11.4. The first-order chi connectivity index (χ1) is 14.9. The van der Waals surface area contributed by atoms with Gasteiger partial charge < -0.3 is 0 Å². The van der Waals surface area contributed by atoms with E-state index in [1.54, 1.807) is 0 Å². The van der Waals surface area contributed by atoms with Crippen molar-refractivity contribution < 1.29 is 9.59 Å². The van der Waals surface area contributed by atoms with Gasteiger partial charge in [-0.3, -0.25) is 9.59 Å². The summed E-state index contributed by atoms with van der Waals surface area (Å²) in [5.74, 6) is 6.28. The molecule has 0 aromatic carbocycles. The smallest absolute Gasteiger partial charge is 0.211 e. The predicted octanol–water partition coefficient (Wildman–Crippen LogP) is 7.81. The summed E-state index contributed by atoms with van der Waals surface area (Å²) < 4.78 is 1.16. The highest BCUT2D eigenvalue weighted by Gasteiger charge is 2.24. The molecule has 0 fully saturated rings. The molecule has 2 unspecified atom stereocenters. The molecule has 0 aromatic heterocycles. The quantitative estimate of drug-likeness (QED) is 0.153. The lowest BCUT2D eigenvalue weighted by Crippen LogP contribution is -2.00. The van der Waals surface area contributed by atoms with Crippen molar-refractivity contribution in [2.75, 3.05) is 34.5 Å². The van der Waals surface area contributed by atoms with E-state index in [1.807, 2.05) is 70.6 Å². The van der Waals surface area contributed by atoms with Gasteiger partial charge in [0.15, 0.2) is 0 Å². The fourth-order valence-corrected chi connectivity index (χ4v) is 13.3. The summed E-state index contributed by atoms with van der Waals surface area (Å²) in [6, 6.07) is 0. The minimum Gasteiger partial charge on any atom is -0.282 e. The van der Waals surface area contributed by atoms with Gasteiger partial charge in [0.1, 0.15) is 0 Å². The minimum atomic E-state index is 0.0551. The number of thioether (sulfide) groups is 8. The first kappa shape index (κ1) is 28.3. The highest BCUT2D eigenvalue weighted by Crippen LogP contribution is 2.48. The zero-order valence-corrected chi connectivity index (χ0v) is 24.3. The Hall–Kier alpha value is 1.10. The lowest BCUT2D eigenvalue weighted by atomic mass is 10.6. The van der Waals surface area contributed by atoms with Crippen LogP contribution in [0.4, 0.5) is 0 Å². The van der Waals surface area contributed by atoms with Crippen LogP contribution >= 0.6 is 94.1 Å². The molecule has 2 nitrogen and oxygen atoms in total. The van der Waals surface area contributed by atoms with Crippen LogP contribution in [0.3, 0.4) is 0 Å². The number of rotatable bonds is 14. The lowest BCUT2D eigenvalue weighted by molar-refractivity contribution is -0.107. The molecule has 2 atom stereocenters. The number of hydrogen-bond acceptors (Lipinski definition) is 10. The van der Waals surface area contributed by atoms with Gasteiger partial charge in [-0.25, -0.2) is 0 Å². The van der Waals surface area contributed by atoms with Gasteiger partial charge in [0, 0.05) is 32.8 Å². The second-order valence-electron chi connectivity index (χ2n) is 6.42. The van der Waals surface area contributed by atoms with Gasteiger partial charge in [-0.05, 0) is 53.7 Å². The number of carbonyl (C=O) groups is 2. The molecule has 31 heavy (non-hydrogen) atoms. The molecular weight excluding hydrogens is 541 g/mol. The molecule has 0 amide bonds. The van der Waals surface area contributed by atoms with Gasteiger partial charge in [-0.2, -0.15) is 23.5 Å². The standard InChI is InChI=1S/C21H28O2S8/c1-5-18(22)26-10-16-14(3)28-20(30-16)12-24-8-7-9-25-13-21-29-15(4)17(31-21)11-27-19(23)6-2/h5-6,20-21H,1-2,7-13H2,3-4H3. The van der Waals surface area contributed by atoms with Crippen LogP contribution in [0, 0.1) is 0 Å². The molecule has 0 radical (unpaired) electrons. The van der Waals surface area contributed by atoms with Gasteiger partial charge in [0.05, 0.1) is 9.16 Å². The molecule has 0 saturated heterocycles. The van der Waals surface area contributed by atoms with Crippen LogP contribution in [0.2, 0.25) is 0 Å². The molecule has 2 aliphatic rings. The van der Waals surface area contributed by atoms with Gasteiger partial charge in [0.25, 0.3) is 0 Å². The van der Waals surface area contributed by atoms with E-state index < -0.39 is 0 Å². The summed E-state index contributed by atoms with van der Waals surface area (Å²) in [6.45, 7) is 11.4. The number of carbonyl (C=O) groups excluding carboxylic acids is 2. The average Bonchev–Trinajstić information content (AvgIpc) is 3.30. The highest BCUT2D eigenvalue weighted by molar-refractivity contribution is 8.25. The number of allylic oxidation sites excluding steroid dienone is 2. The van der Waals surface area contributed by atoms with Gasteiger partial charge in [-0.1, -0.05) is 36.7 Å². The summed E-state index contributed by atoms with van der Waals surface area (Å²) >= 11 is 14.6. The average molecular weight is 569 g/mol. The van der Waals surface area contributed by atoms with Crippen molar-refractivity contribution in [2.45, 2.75) is 29.4 Å². The molecular formula is C21H28O2S8. The van der Waals surface area contributed by atoms with Crippen molar-refractivity contribution >= 4 is 104 Å². The Balaban J connectivity index is 1.49. The SMILES string of the molecule is C=CC(=O)SCC1=C(C)SC(CSCCCSCC2SC(C)=C(CSC(=O)C=C)S2)S1. The molecule has 2 aliphatic heterocycles. The molecule has 0 aliphatic carbocycles. The Morgan fingerprint density at radius 2 is 1.23 bits per heavy atom. The third-order valence-electron chi connectivity index (χ3n) is 4.06. The Morgan fingerprint density at radius 3 is 1.61 bits per heavy atom. The summed E-state index contributed by atoms with van der Waals surface area (Å²) in [5.41, 5.74) is 0. The summed E-state index contributed by atoms with van der Waals surface area (Å²) in [7, 11) is 0. The zero-order valence-electron chi connectivity index (χ0n) is 17.8. The third kappa shape index (κ3) is 10.9. The van der Waals surface area contributed by atoms with Crippen molar-refractivity contribution in [3.8, 4) is 0 Å². The van der Waals surface area contributed by atoms with E-state index >= 15 is 0 Å². The van der Waals surface area contributed by atoms with Gasteiger partial charge in [0.2, 0.25) is 10.2 Å². The molecule has 0 spiro atoms. The largest absolute Gasteiger partial charge is 0.282 e. The molecule has 0 aromatic rings. The van der Waals surface area contributed by atoms with Crippen LogP contribution in [0.25, 0.3) is 0 Å². The summed E-state index contributed by atoms with van der Waals surface area (Å²) in [6.07, 6.45) is 4.03. The molecule has 172 valence electrons. The molecule has 0 saturated carbocycles. The van der Waals surface area contributed by atoms with E-state index in [0.717, 1.165) is 23.0 Å². The predicted molar refractivity (Wildman–Crippen MR) is 158 cm³/mol. The van der Waals surface area contributed by atoms with E-state index in [0.29, 0.717) is 9.16 Å². The summed E-state index contributed by atoms with van der Waals surface area (Å²) in [5, 5.41) is 0.110. The van der Waals surface area contributed by atoms with Crippen LogP contribution in [0.1, 0.15) is 20.3 Å². The maximum Gasteiger partial charge on any atom is 0.211 e. The maximum atomic E-state index is 11.4. The normalized spacial score (nSPS) is 21.1. The second kappa shape index (κ2) is 15.9. The highest BCUT2D eigenvalue weighted by atomic mass is 32.2. The topological polar surface area (TPSA) is 34.1 Å². The molecule has 0 bridgehead atoms. The summed E-state index contributed by atoms with van der Waals surface area (Å²) in [4.78, 5) is 28.3. The van der Waals surface area contributed by atoms with Crippen LogP contribution in [0.5, 0.6) is 0 Å². The van der Waals surface area contributed by atoms with Crippen molar-refractivity contribution in [3.63, 3.8) is 0 Å². The van der Waals surface area contributed by atoms with Crippen LogP contribution in [-0.4, -0.2) is 53.9 Å².